The average molecular weight is 388 g/mol. The number of pyridine rings is 1. The van der Waals surface area contributed by atoms with Crippen molar-refractivity contribution in [3.8, 4) is 0 Å². The van der Waals surface area contributed by atoms with E-state index in [0.717, 1.165) is 28.6 Å². The van der Waals surface area contributed by atoms with E-state index in [0.29, 0.717) is 4.64 Å². The number of H-pyrrole nitrogens is 1. The van der Waals surface area contributed by atoms with Crippen molar-refractivity contribution in [1.29, 1.82) is 0 Å². The van der Waals surface area contributed by atoms with Crippen LogP contribution in [0.5, 0.6) is 0 Å². The number of carbonyl (C=O) groups is 1. The van der Waals surface area contributed by atoms with E-state index in [1.807, 2.05) is 65.4 Å². The minimum atomic E-state index is -0.573. The molecule has 1 amide bonds. The summed E-state index contributed by atoms with van der Waals surface area (Å²) in [4.78, 5) is 15.3. The van der Waals surface area contributed by atoms with Crippen LogP contribution in [0.4, 0.5) is 5.69 Å². The Morgan fingerprint density at radius 1 is 1.25 bits per heavy atom. The van der Waals surface area contributed by atoms with Crippen LogP contribution in [0.1, 0.15) is 12.5 Å². The lowest BCUT2D eigenvalue weighted by atomic mass is 10.0. The lowest BCUT2D eigenvalue weighted by Gasteiger charge is -2.27. The molecule has 1 atom stereocenters. The summed E-state index contributed by atoms with van der Waals surface area (Å²) in [5.41, 5.74) is 2.58. The van der Waals surface area contributed by atoms with E-state index in [9.17, 15) is 4.79 Å². The van der Waals surface area contributed by atoms with Crippen LogP contribution < -0.4 is 4.90 Å². The van der Waals surface area contributed by atoms with E-state index in [-0.39, 0.29) is 5.91 Å². The van der Waals surface area contributed by atoms with Gasteiger partial charge < -0.3 is 9.47 Å². The van der Waals surface area contributed by atoms with Crippen LogP contribution in [0.2, 0.25) is 0 Å². The van der Waals surface area contributed by atoms with Gasteiger partial charge in [0, 0.05) is 18.9 Å². The van der Waals surface area contributed by atoms with Gasteiger partial charge in [-0.25, -0.2) is 0 Å². The molecule has 1 unspecified atom stereocenters. The molecule has 28 heavy (non-hydrogen) atoms. The SMILES string of the molecule is CN(C(=O)C(C1=CC=CCC=C1)n1ccc2[nH]ncc2c1=S)c1ccccc1. The lowest BCUT2D eigenvalue weighted by Crippen LogP contribution is -2.35. The van der Waals surface area contributed by atoms with Crippen molar-refractivity contribution < 1.29 is 4.79 Å². The smallest absolute Gasteiger partial charge is 0.254 e. The normalized spacial score (nSPS) is 14.5. The second-order valence-corrected chi connectivity index (χ2v) is 6.98. The van der Waals surface area contributed by atoms with Crippen LogP contribution >= 0.6 is 12.2 Å². The highest BCUT2D eigenvalue weighted by Crippen LogP contribution is 2.28. The van der Waals surface area contributed by atoms with Crippen molar-refractivity contribution >= 4 is 34.7 Å². The fourth-order valence-electron chi connectivity index (χ4n) is 3.32. The number of hydrogen-bond donors (Lipinski definition) is 1. The molecule has 4 rings (SSSR count). The van der Waals surface area contributed by atoms with Gasteiger partial charge in [-0.2, -0.15) is 5.10 Å². The highest BCUT2D eigenvalue weighted by Gasteiger charge is 2.28. The molecule has 3 aromatic rings. The standard InChI is InChI=1S/C22H20N4OS/c1-25(17-11-7-4-8-12-17)21(27)20(16-9-5-2-3-6-10-16)26-14-13-19-18(22(26)28)15-23-24-19/h2,4-15,20H,3H2,1H3,(H,23,24). The van der Waals surface area contributed by atoms with E-state index in [2.05, 4.69) is 22.3 Å². The van der Waals surface area contributed by atoms with Crippen molar-refractivity contribution in [1.82, 2.24) is 14.8 Å². The van der Waals surface area contributed by atoms with Gasteiger partial charge in [-0.05, 0) is 30.2 Å². The minimum absolute atomic E-state index is 0.0589. The summed E-state index contributed by atoms with van der Waals surface area (Å²) in [6, 6.07) is 10.9. The highest BCUT2D eigenvalue weighted by atomic mass is 32.1. The van der Waals surface area contributed by atoms with Gasteiger partial charge in [0.05, 0.1) is 17.1 Å². The van der Waals surface area contributed by atoms with Gasteiger partial charge in [-0.15, -0.1) is 0 Å². The topological polar surface area (TPSA) is 53.9 Å². The molecule has 1 N–H and O–H groups in total. The zero-order chi connectivity index (χ0) is 19.5. The third-order valence-electron chi connectivity index (χ3n) is 4.84. The molecule has 0 spiro atoms. The number of amides is 1. The second kappa shape index (κ2) is 7.78. The maximum Gasteiger partial charge on any atom is 0.254 e. The van der Waals surface area contributed by atoms with Crippen LogP contribution in [-0.4, -0.2) is 27.7 Å². The summed E-state index contributed by atoms with van der Waals surface area (Å²) >= 11 is 5.71. The molecule has 0 aliphatic heterocycles. The van der Waals surface area contributed by atoms with E-state index in [1.165, 1.54) is 0 Å². The van der Waals surface area contributed by atoms with Crippen LogP contribution in [0.15, 0.2) is 84.7 Å². The predicted octanol–water partition coefficient (Wildman–Crippen LogP) is 4.74. The number of benzene rings is 1. The van der Waals surface area contributed by atoms with Crippen molar-refractivity contribution in [3.63, 3.8) is 0 Å². The van der Waals surface area contributed by atoms with Crippen LogP contribution in [0, 0.1) is 4.64 Å². The molecule has 2 aromatic heterocycles. The number of likely N-dealkylation sites (N-methyl/N-ethyl adjacent to an activating group) is 1. The number of nitrogens with zero attached hydrogens (tertiary/aromatic N) is 3. The first kappa shape index (κ1) is 18.1. The summed E-state index contributed by atoms with van der Waals surface area (Å²) in [5.74, 6) is -0.0589. The number of para-hydroxylation sites is 1. The summed E-state index contributed by atoms with van der Waals surface area (Å²) < 4.78 is 2.43. The number of hydrogen-bond acceptors (Lipinski definition) is 3. The number of fused-ring (bicyclic) bond motifs is 1. The maximum absolute atomic E-state index is 13.6. The monoisotopic (exact) mass is 388 g/mol. The maximum atomic E-state index is 13.6. The number of carbonyl (C=O) groups excluding carboxylic acids is 1. The molecule has 1 aromatic carbocycles. The van der Waals surface area contributed by atoms with Crippen molar-refractivity contribution in [2.45, 2.75) is 12.5 Å². The molecule has 6 heteroatoms. The molecule has 2 heterocycles. The Morgan fingerprint density at radius 3 is 2.89 bits per heavy atom. The summed E-state index contributed by atoms with van der Waals surface area (Å²) in [5, 5.41) is 7.83. The van der Waals surface area contributed by atoms with Gasteiger partial charge in [0.25, 0.3) is 5.91 Å². The number of aromatic nitrogens is 3. The number of aromatic amines is 1. The first-order valence-electron chi connectivity index (χ1n) is 9.07. The number of anilines is 1. The molecular weight excluding hydrogens is 368 g/mol. The van der Waals surface area contributed by atoms with E-state index >= 15 is 0 Å². The molecule has 0 radical (unpaired) electrons. The largest absolute Gasteiger partial charge is 0.322 e. The van der Waals surface area contributed by atoms with Crippen LogP contribution in [0.3, 0.4) is 0 Å². The number of allylic oxidation sites excluding steroid dienone is 5. The average Bonchev–Trinajstić information content (AvgIpc) is 3.06. The summed E-state index contributed by atoms with van der Waals surface area (Å²) in [6.07, 6.45) is 14.5. The Balaban J connectivity index is 1.85. The molecule has 0 bridgehead atoms. The lowest BCUT2D eigenvalue weighted by molar-refractivity contribution is -0.120. The highest BCUT2D eigenvalue weighted by molar-refractivity contribution is 7.71. The third kappa shape index (κ3) is 3.34. The molecule has 1 aliphatic carbocycles. The Bertz CT molecular complexity index is 1150. The molecule has 0 fully saturated rings. The summed E-state index contributed by atoms with van der Waals surface area (Å²) in [6.45, 7) is 0. The van der Waals surface area contributed by atoms with Crippen molar-refractivity contribution in [3.05, 3.63) is 89.4 Å². The number of nitrogens with one attached hydrogen (secondary N) is 1. The fourth-order valence-corrected chi connectivity index (χ4v) is 3.65. The zero-order valence-electron chi connectivity index (χ0n) is 15.4. The second-order valence-electron chi connectivity index (χ2n) is 6.59. The Kier molecular flexibility index (Phi) is 5.04. The first-order chi connectivity index (χ1) is 13.7. The Morgan fingerprint density at radius 2 is 2.07 bits per heavy atom. The van der Waals surface area contributed by atoms with Crippen LogP contribution in [-0.2, 0) is 4.79 Å². The van der Waals surface area contributed by atoms with E-state index in [1.54, 1.807) is 18.1 Å². The van der Waals surface area contributed by atoms with Gasteiger partial charge in [0.15, 0.2) is 0 Å². The quantitative estimate of drug-likeness (QED) is 0.657. The Labute approximate surface area is 168 Å². The van der Waals surface area contributed by atoms with Gasteiger partial charge in [0.1, 0.15) is 10.7 Å². The molecule has 0 saturated carbocycles. The fraction of sp³-hybridized carbons (Fsp3) is 0.136. The molecule has 5 nitrogen and oxygen atoms in total. The van der Waals surface area contributed by atoms with Crippen molar-refractivity contribution in [2.75, 3.05) is 11.9 Å². The molecule has 0 saturated heterocycles. The van der Waals surface area contributed by atoms with Gasteiger partial charge in [-0.1, -0.05) is 60.8 Å². The van der Waals surface area contributed by atoms with Gasteiger partial charge >= 0.3 is 0 Å². The Hall–Kier alpha value is -3.25. The molecule has 140 valence electrons. The minimum Gasteiger partial charge on any atom is -0.322 e. The number of rotatable bonds is 4. The van der Waals surface area contributed by atoms with Crippen molar-refractivity contribution in [2.24, 2.45) is 0 Å². The third-order valence-corrected chi connectivity index (χ3v) is 5.28. The van der Waals surface area contributed by atoms with Gasteiger partial charge in [0.2, 0.25) is 0 Å². The summed E-state index contributed by atoms with van der Waals surface area (Å²) in [7, 11) is 1.79. The van der Waals surface area contributed by atoms with E-state index in [4.69, 9.17) is 12.2 Å². The first-order valence-corrected chi connectivity index (χ1v) is 9.48. The zero-order valence-corrected chi connectivity index (χ0v) is 16.3. The van der Waals surface area contributed by atoms with E-state index < -0.39 is 6.04 Å². The van der Waals surface area contributed by atoms with Gasteiger partial charge in [-0.3, -0.25) is 9.89 Å². The van der Waals surface area contributed by atoms with Crippen LogP contribution in [0.25, 0.3) is 10.9 Å². The molecular formula is C22H20N4OS. The molecule has 1 aliphatic rings. The predicted molar refractivity (Wildman–Crippen MR) is 115 cm³/mol.